The van der Waals surface area contributed by atoms with E-state index in [-0.39, 0.29) is 28.4 Å². The van der Waals surface area contributed by atoms with Crippen LogP contribution in [-0.4, -0.2) is 33.7 Å². The van der Waals surface area contributed by atoms with E-state index in [1.807, 2.05) is 6.07 Å². The zero-order chi connectivity index (χ0) is 19.3. The van der Waals surface area contributed by atoms with Crippen molar-refractivity contribution in [3.8, 4) is 34.8 Å². The number of phenols is 1. The van der Waals surface area contributed by atoms with Gasteiger partial charge in [-0.3, -0.25) is 0 Å². The molecule has 1 atom stereocenters. The zero-order valence-corrected chi connectivity index (χ0v) is 15.2. The number of anilines is 1. The molecule has 2 rings (SSSR count). The molecule has 0 spiro atoms. The van der Waals surface area contributed by atoms with Crippen molar-refractivity contribution in [3.05, 3.63) is 29.3 Å². The molecule has 0 aliphatic heterocycles. The number of aliphatic hydroxyl groups is 1. The lowest BCUT2D eigenvalue weighted by Gasteiger charge is -2.15. The molecule has 0 saturated carbocycles. The zero-order valence-electron chi connectivity index (χ0n) is 14.4. The fourth-order valence-electron chi connectivity index (χ4n) is 2.33. The van der Waals surface area contributed by atoms with E-state index in [9.17, 15) is 20.7 Å². The first kappa shape index (κ1) is 19.4. The summed E-state index contributed by atoms with van der Waals surface area (Å²) in [5.74, 6) is 0.525. The van der Waals surface area contributed by atoms with Gasteiger partial charge in [-0.2, -0.15) is 10.5 Å². The lowest BCUT2D eigenvalue weighted by molar-refractivity contribution is 0.220. The van der Waals surface area contributed by atoms with E-state index in [4.69, 9.17) is 10.5 Å². The highest BCUT2D eigenvalue weighted by Crippen LogP contribution is 2.39. The van der Waals surface area contributed by atoms with Crippen LogP contribution in [0.2, 0.25) is 0 Å². The molecule has 0 amide bonds. The Morgan fingerprint density at radius 1 is 1.31 bits per heavy atom. The van der Waals surface area contributed by atoms with Gasteiger partial charge in [0.25, 0.3) is 0 Å². The lowest BCUT2D eigenvalue weighted by atomic mass is 9.96. The van der Waals surface area contributed by atoms with Crippen LogP contribution in [0.5, 0.6) is 11.5 Å². The molecule has 0 saturated heterocycles. The van der Waals surface area contributed by atoms with Crippen LogP contribution in [0.15, 0.2) is 23.2 Å². The van der Waals surface area contributed by atoms with Crippen molar-refractivity contribution in [1.29, 1.82) is 10.5 Å². The summed E-state index contributed by atoms with van der Waals surface area (Å²) in [6.07, 6.45) is -0.591. The summed E-state index contributed by atoms with van der Waals surface area (Å²) in [4.78, 5) is 4.15. The third kappa shape index (κ3) is 3.99. The van der Waals surface area contributed by atoms with Crippen molar-refractivity contribution in [2.75, 3.05) is 18.1 Å². The highest BCUT2D eigenvalue weighted by Gasteiger charge is 2.21. The van der Waals surface area contributed by atoms with Crippen LogP contribution in [0, 0.1) is 22.7 Å². The van der Waals surface area contributed by atoms with E-state index >= 15 is 0 Å². The third-order valence-electron chi connectivity index (χ3n) is 3.43. The Balaban J connectivity index is 2.72. The number of rotatable bonds is 6. The van der Waals surface area contributed by atoms with Crippen LogP contribution < -0.4 is 10.5 Å². The van der Waals surface area contributed by atoms with Crippen molar-refractivity contribution in [2.24, 2.45) is 0 Å². The molecule has 1 unspecified atom stereocenters. The molecule has 1 aromatic carbocycles. The number of thioether (sulfide) groups is 1. The van der Waals surface area contributed by atoms with Crippen LogP contribution in [0.4, 0.5) is 5.82 Å². The first-order chi connectivity index (χ1) is 12.4. The molecule has 0 fully saturated rings. The Morgan fingerprint density at radius 2 is 2.00 bits per heavy atom. The second-order valence-corrected chi connectivity index (χ2v) is 6.44. The Kier molecular flexibility index (Phi) is 6.29. The summed E-state index contributed by atoms with van der Waals surface area (Å²) in [6.45, 7) is 3.76. The number of nitrogens with two attached hydrogens (primary N) is 1. The molecule has 0 aliphatic carbocycles. The fourth-order valence-corrected chi connectivity index (χ4v) is 3.19. The van der Waals surface area contributed by atoms with Gasteiger partial charge in [-0.25, -0.2) is 4.98 Å². The average molecular weight is 370 g/mol. The van der Waals surface area contributed by atoms with E-state index in [0.717, 1.165) is 0 Å². The van der Waals surface area contributed by atoms with Crippen molar-refractivity contribution in [2.45, 2.75) is 25.0 Å². The predicted molar refractivity (Wildman–Crippen MR) is 98.8 cm³/mol. The van der Waals surface area contributed by atoms with Gasteiger partial charge in [0.1, 0.15) is 28.5 Å². The molecule has 2 aromatic rings. The fraction of sp³-hybridized carbons (Fsp3) is 0.278. The third-order valence-corrected chi connectivity index (χ3v) is 4.64. The number of hydrogen-bond donors (Lipinski definition) is 3. The summed E-state index contributed by atoms with van der Waals surface area (Å²) in [6, 6.07) is 8.64. The van der Waals surface area contributed by atoms with Gasteiger partial charge < -0.3 is 20.7 Å². The van der Waals surface area contributed by atoms with Crippen molar-refractivity contribution in [1.82, 2.24) is 4.98 Å². The minimum atomic E-state index is -0.591. The van der Waals surface area contributed by atoms with E-state index in [1.54, 1.807) is 26.0 Å². The Bertz CT molecular complexity index is 901. The van der Waals surface area contributed by atoms with E-state index in [1.165, 1.54) is 17.8 Å². The molecular weight excluding hydrogens is 352 g/mol. The van der Waals surface area contributed by atoms with Crippen LogP contribution in [0.3, 0.4) is 0 Å². The van der Waals surface area contributed by atoms with Crippen LogP contribution in [0.1, 0.15) is 25.0 Å². The molecule has 0 radical (unpaired) electrons. The smallest absolute Gasteiger partial charge is 0.161 e. The highest BCUT2D eigenvalue weighted by molar-refractivity contribution is 7.99. The number of benzene rings is 1. The number of aromatic hydroxyl groups is 1. The molecule has 8 heteroatoms. The second-order valence-electron chi connectivity index (χ2n) is 5.43. The molecule has 7 nitrogen and oxygen atoms in total. The average Bonchev–Trinajstić information content (AvgIpc) is 2.61. The SMILES string of the molecule is CCOc1cc(-c2c(C#N)c(N)nc(SCC(C)O)c2C#N)ccc1O. The van der Waals surface area contributed by atoms with Crippen LogP contribution in [0.25, 0.3) is 11.1 Å². The first-order valence-electron chi connectivity index (χ1n) is 7.83. The van der Waals surface area contributed by atoms with Crippen molar-refractivity contribution in [3.63, 3.8) is 0 Å². The molecule has 4 N–H and O–H groups in total. The van der Waals surface area contributed by atoms with E-state index in [2.05, 4.69) is 11.1 Å². The van der Waals surface area contributed by atoms with Gasteiger partial charge in [-0.15, -0.1) is 11.8 Å². The van der Waals surface area contributed by atoms with Gasteiger partial charge in [0.2, 0.25) is 0 Å². The largest absolute Gasteiger partial charge is 0.504 e. The maximum atomic E-state index is 9.90. The maximum absolute atomic E-state index is 9.90. The molecule has 0 bridgehead atoms. The van der Waals surface area contributed by atoms with Gasteiger partial charge in [-0.1, -0.05) is 6.07 Å². The Labute approximate surface area is 155 Å². The van der Waals surface area contributed by atoms with Crippen molar-refractivity contribution < 1.29 is 14.9 Å². The molecule has 0 aliphatic rings. The number of aromatic nitrogens is 1. The first-order valence-corrected chi connectivity index (χ1v) is 8.82. The quantitative estimate of drug-likeness (QED) is 0.660. The summed E-state index contributed by atoms with van der Waals surface area (Å²) in [7, 11) is 0. The minimum Gasteiger partial charge on any atom is -0.504 e. The Morgan fingerprint density at radius 3 is 2.58 bits per heavy atom. The molecule has 1 aromatic heterocycles. The number of phenolic OH excluding ortho intramolecular Hbond substituents is 1. The summed E-state index contributed by atoms with van der Waals surface area (Å²) >= 11 is 1.19. The van der Waals surface area contributed by atoms with Gasteiger partial charge in [-0.05, 0) is 31.5 Å². The minimum absolute atomic E-state index is 0.000581. The number of ether oxygens (including phenoxy) is 1. The number of nitrogens with zero attached hydrogens (tertiary/aromatic N) is 3. The lowest BCUT2D eigenvalue weighted by Crippen LogP contribution is -2.07. The molecule has 134 valence electrons. The summed E-state index contributed by atoms with van der Waals surface area (Å²) < 4.78 is 5.38. The second kappa shape index (κ2) is 8.43. The van der Waals surface area contributed by atoms with Crippen LogP contribution in [-0.2, 0) is 0 Å². The van der Waals surface area contributed by atoms with Crippen LogP contribution >= 0.6 is 11.8 Å². The number of hydrogen-bond acceptors (Lipinski definition) is 8. The topological polar surface area (TPSA) is 136 Å². The monoisotopic (exact) mass is 370 g/mol. The van der Waals surface area contributed by atoms with Crippen molar-refractivity contribution >= 4 is 17.6 Å². The van der Waals surface area contributed by atoms with E-state index < -0.39 is 6.10 Å². The molecule has 26 heavy (non-hydrogen) atoms. The number of nitriles is 2. The normalized spacial score (nSPS) is 11.4. The number of nitrogen functional groups attached to an aromatic ring is 1. The Hall–Kier alpha value is -2.94. The van der Waals surface area contributed by atoms with E-state index in [0.29, 0.717) is 28.5 Å². The van der Waals surface area contributed by atoms with Gasteiger partial charge in [0.05, 0.1) is 18.3 Å². The summed E-state index contributed by atoms with van der Waals surface area (Å²) in [5.41, 5.74) is 7.03. The number of aliphatic hydroxyl groups excluding tert-OH is 1. The predicted octanol–water partition coefficient (Wildman–Crippen LogP) is 2.65. The van der Waals surface area contributed by atoms with Gasteiger partial charge >= 0.3 is 0 Å². The molecular formula is C18H18N4O3S. The maximum Gasteiger partial charge on any atom is 0.161 e. The standard InChI is InChI=1S/C18H18N4O3S/c1-3-25-15-6-11(4-5-14(15)24)16-12(7-19)17(21)22-18(13(16)8-20)26-9-10(2)23/h4-6,10,23-24H,3,9H2,1-2H3,(H2,21,22). The van der Waals surface area contributed by atoms with Gasteiger partial charge in [0.15, 0.2) is 11.5 Å². The summed E-state index contributed by atoms with van der Waals surface area (Å²) in [5, 5.41) is 38.9. The van der Waals surface area contributed by atoms with Gasteiger partial charge in [0, 0.05) is 11.3 Å². The molecule has 1 heterocycles. The highest BCUT2D eigenvalue weighted by atomic mass is 32.2. The number of pyridine rings is 1.